The lowest BCUT2D eigenvalue weighted by Gasteiger charge is -2.23. The molecule has 0 bridgehead atoms. The van der Waals surface area contributed by atoms with Crippen molar-refractivity contribution in [2.24, 2.45) is 0 Å². The van der Waals surface area contributed by atoms with Crippen molar-refractivity contribution in [3.8, 4) is 0 Å². The number of carbonyl (C=O) groups is 1. The molecule has 2 aromatic rings. The van der Waals surface area contributed by atoms with Crippen LogP contribution in [0.5, 0.6) is 0 Å². The number of nitro benzene ring substituents is 1. The largest absolute Gasteiger partial charge is 0.480 e. The van der Waals surface area contributed by atoms with Crippen molar-refractivity contribution >= 4 is 27.4 Å². The lowest BCUT2D eigenvalue weighted by Crippen LogP contribution is -2.35. The summed E-state index contributed by atoms with van der Waals surface area (Å²) >= 11 is 0. The van der Waals surface area contributed by atoms with Crippen molar-refractivity contribution in [2.75, 3.05) is 10.8 Å². The first-order valence-electron chi connectivity index (χ1n) is 7.19. The Morgan fingerprint density at radius 2 is 1.84 bits per heavy atom. The Hall–Kier alpha value is -2.94. The van der Waals surface area contributed by atoms with Crippen LogP contribution in [0.1, 0.15) is 11.1 Å². The van der Waals surface area contributed by atoms with Gasteiger partial charge in [-0.1, -0.05) is 12.1 Å². The number of anilines is 1. The fourth-order valence-corrected chi connectivity index (χ4v) is 3.65. The molecule has 0 spiro atoms. The van der Waals surface area contributed by atoms with E-state index >= 15 is 0 Å². The molecule has 2 rings (SSSR count). The number of nitrogens with zero attached hydrogens (tertiary/aromatic N) is 2. The van der Waals surface area contributed by atoms with E-state index in [2.05, 4.69) is 0 Å². The summed E-state index contributed by atoms with van der Waals surface area (Å²) in [7, 11) is -4.29. The molecular formula is C16H16N2O6S. The van der Waals surface area contributed by atoms with Gasteiger partial charge in [-0.15, -0.1) is 0 Å². The summed E-state index contributed by atoms with van der Waals surface area (Å²) < 4.78 is 26.5. The zero-order valence-electron chi connectivity index (χ0n) is 13.5. The average molecular weight is 364 g/mol. The second kappa shape index (κ2) is 6.89. The second-order valence-corrected chi connectivity index (χ2v) is 7.29. The first kappa shape index (κ1) is 18.4. The molecule has 0 atom stereocenters. The summed E-state index contributed by atoms with van der Waals surface area (Å²) in [5.74, 6) is -1.34. The van der Waals surface area contributed by atoms with E-state index in [1.165, 1.54) is 18.2 Å². The highest BCUT2D eigenvalue weighted by molar-refractivity contribution is 7.92. The molecule has 0 radical (unpaired) electrons. The molecule has 0 aliphatic rings. The van der Waals surface area contributed by atoms with Crippen molar-refractivity contribution in [1.82, 2.24) is 0 Å². The molecule has 0 aliphatic carbocycles. The van der Waals surface area contributed by atoms with Crippen LogP contribution in [0.15, 0.2) is 47.4 Å². The van der Waals surface area contributed by atoms with Gasteiger partial charge in [0.2, 0.25) is 0 Å². The Balaban J connectivity index is 2.59. The molecule has 2 aromatic carbocycles. The van der Waals surface area contributed by atoms with Gasteiger partial charge in [-0.2, -0.15) is 0 Å². The number of aliphatic carboxylic acids is 1. The van der Waals surface area contributed by atoms with Crippen molar-refractivity contribution in [1.29, 1.82) is 0 Å². The van der Waals surface area contributed by atoms with E-state index in [0.29, 0.717) is 0 Å². The van der Waals surface area contributed by atoms with Crippen LogP contribution in [-0.2, 0) is 14.8 Å². The molecule has 9 heteroatoms. The van der Waals surface area contributed by atoms with Crippen LogP contribution in [0.2, 0.25) is 0 Å². The van der Waals surface area contributed by atoms with Crippen molar-refractivity contribution < 1.29 is 23.2 Å². The molecule has 25 heavy (non-hydrogen) atoms. The van der Waals surface area contributed by atoms with Gasteiger partial charge in [0.05, 0.1) is 15.5 Å². The molecule has 132 valence electrons. The highest BCUT2D eigenvalue weighted by Crippen LogP contribution is 2.27. The number of hydrogen-bond acceptors (Lipinski definition) is 5. The van der Waals surface area contributed by atoms with Crippen LogP contribution in [-0.4, -0.2) is 31.0 Å². The van der Waals surface area contributed by atoms with E-state index in [9.17, 15) is 23.3 Å². The summed E-state index contributed by atoms with van der Waals surface area (Å²) in [4.78, 5) is 21.0. The molecule has 0 amide bonds. The van der Waals surface area contributed by atoms with Crippen molar-refractivity contribution in [3.63, 3.8) is 0 Å². The third-order valence-electron chi connectivity index (χ3n) is 3.67. The molecule has 0 heterocycles. The number of non-ortho nitro benzene ring substituents is 1. The Labute approximate surface area is 144 Å². The summed E-state index contributed by atoms with van der Waals surface area (Å²) in [6.07, 6.45) is 0. The third-order valence-corrected chi connectivity index (χ3v) is 5.44. The van der Waals surface area contributed by atoms with E-state index in [1.54, 1.807) is 19.1 Å². The predicted octanol–water partition coefficient (Wildman–Crippen LogP) is 2.49. The number of aryl methyl sites for hydroxylation is 2. The molecule has 0 aliphatic heterocycles. The Morgan fingerprint density at radius 3 is 2.40 bits per heavy atom. The van der Waals surface area contributed by atoms with Crippen LogP contribution in [0.25, 0.3) is 0 Å². The van der Waals surface area contributed by atoms with Gasteiger partial charge < -0.3 is 5.11 Å². The van der Waals surface area contributed by atoms with Crippen LogP contribution in [0.4, 0.5) is 11.4 Å². The quantitative estimate of drug-likeness (QED) is 0.621. The minimum atomic E-state index is -4.29. The van der Waals surface area contributed by atoms with Crippen LogP contribution >= 0.6 is 0 Å². The number of benzene rings is 2. The first-order chi connectivity index (χ1) is 11.6. The lowest BCUT2D eigenvalue weighted by atomic mass is 10.1. The molecule has 0 fully saturated rings. The Kier molecular flexibility index (Phi) is 5.07. The molecule has 8 nitrogen and oxygen atoms in total. The Bertz CT molecular complexity index is 939. The van der Waals surface area contributed by atoms with Crippen LogP contribution in [0.3, 0.4) is 0 Å². The highest BCUT2D eigenvalue weighted by atomic mass is 32.2. The van der Waals surface area contributed by atoms with E-state index < -0.39 is 33.1 Å². The third kappa shape index (κ3) is 3.94. The number of nitro groups is 1. The maximum atomic E-state index is 12.9. The van der Waals surface area contributed by atoms with Crippen molar-refractivity contribution in [2.45, 2.75) is 18.7 Å². The molecule has 0 aromatic heterocycles. The van der Waals surface area contributed by atoms with Gasteiger partial charge in [-0.05, 0) is 43.2 Å². The van der Waals surface area contributed by atoms with Gasteiger partial charge in [0.15, 0.2) is 0 Å². The van der Waals surface area contributed by atoms with Gasteiger partial charge in [-0.25, -0.2) is 8.42 Å². The first-order valence-corrected chi connectivity index (χ1v) is 8.63. The fraction of sp³-hybridized carbons (Fsp3) is 0.188. The fourth-order valence-electron chi connectivity index (χ4n) is 2.20. The second-order valence-electron chi connectivity index (χ2n) is 5.43. The number of hydrogen-bond donors (Lipinski definition) is 1. The molecule has 0 saturated carbocycles. The summed E-state index contributed by atoms with van der Waals surface area (Å²) in [5, 5.41) is 20.0. The van der Waals surface area contributed by atoms with Crippen LogP contribution in [0, 0.1) is 24.0 Å². The topological polar surface area (TPSA) is 118 Å². The Morgan fingerprint density at radius 1 is 1.16 bits per heavy atom. The van der Waals surface area contributed by atoms with Gasteiger partial charge >= 0.3 is 5.97 Å². The average Bonchev–Trinajstić information content (AvgIpc) is 2.55. The van der Waals surface area contributed by atoms with E-state index in [4.69, 9.17) is 5.11 Å². The standard InChI is InChI=1S/C16H16N2O6S/c1-11-6-7-13(8-12(11)2)17(10-16(19)20)25(23,24)15-5-3-4-14(9-15)18(21)22/h3-9H,10H2,1-2H3,(H,19,20). The minimum Gasteiger partial charge on any atom is -0.480 e. The van der Waals surface area contributed by atoms with E-state index in [1.807, 2.05) is 6.92 Å². The highest BCUT2D eigenvalue weighted by Gasteiger charge is 2.28. The smallest absolute Gasteiger partial charge is 0.324 e. The molecule has 0 saturated heterocycles. The molecule has 1 N–H and O–H groups in total. The maximum absolute atomic E-state index is 12.9. The molecular weight excluding hydrogens is 348 g/mol. The number of carboxylic acid groups (broad SMARTS) is 1. The van der Waals surface area contributed by atoms with Crippen molar-refractivity contribution in [3.05, 3.63) is 63.7 Å². The number of rotatable bonds is 6. The number of carboxylic acids is 1. The zero-order valence-corrected chi connectivity index (χ0v) is 14.4. The molecule has 0 unspecified atom stereocenters. The maximum Gasteiger partial charge on any atom is 0.324 e. The van der Waals surface area contributed by atoms with Gasteiger partial charge in [-0.3, -0.25) is 19.2 Å². The zero-order chi connectivity index (χ0) is 18.8. The van der Waals surface area contributed by atoms with Gasteiger partial charge in [0.25, 0.3) is 15.7 Å². The predicted molar refractivity (Wildman–Crippen MR) is 91.2 cm³/mol. The summed E-state index contributed by atoms with van der Waals surface area (Å²) in [6.45, 7) is 2.82. The summed E-state index contributed by atoms with van der Waals surface area (Å²) in [5.41, 5.74) is 1.50. The minimum absolute atomic E-state index is 0.178. The van der Waals surface area contributed by atoms with E-state index in [-0.39, 0.29) is 10.6 Å². The van der Waals surface area contributed by atoms with Gasteiger partial charge in [0, 0.05) is 12.1 Å². The monoisotopic (exact) mass is 364 g/mol. The normalized spacial score (nSPS) is 11.1. The SMILES string of the molecule is Cc1ccc(N(CC(=O)O)S(=O)(=O)c2cccc([N+](=O)[O-])c2)cc1C. The number of sulfonamides is 1. The van der Waals surface area contributed by atoms with Crippen LogP contribution < -0.4 is 4.31 Å². The van der Waals surface area contributed by atoms with Gasteiger partial charge in [0.1, 0.15) is 6.54 Å². The summed E-state index contributed by atoms with van der Waals surface area (Å²) in [6, 6.07) is 9.25. The van der Waals surface area contributed by atoms with E-state index in [0.717, 1.165) is 27.6 Å². The lowest BCUT2D eigenvalue weighted by molar-refractivity contribution is -0.385.